The van der Waals surface area contributed by atoms with Gasteiger partial charge in [0, 0.05) is 19.0 Å². The fourth-order valence-corrected chi connectivity index (χ4v) is 2.69. The molecular formula is C8H13BrN4. The van der Waals surface area contributed by atoms with Gasteiger partial charge < -0.3 is 5.73 Å². The number of nitrogens with two attached hydrogens (primary N) is 1. The van der Waals surface area contributed by atoms with Crippen molar-refractivity contribution in [2.75, 3.05) is 0 Å². The summed E-state index contributed by atoms with van der Waals surface area (Å²) in [5.74, 6) is 0.532. The molecule has 13 heavy (non-hydrogen) atoms. The van der Waals surface area contributed by atoms with E-state index in [1.807, 2.05) is 11.7 Å². The first-order chi connectivity index (χ1) is 6.18. The number of hydrogen-bond acceptors (Lipinski definition) is 3. The largest absolute Gasteiger partial charge is 0.328 e. The van der Waals surface area contributed by atoms with E-state index in [9.17, 15) is 0 Å². The zero-order chi connectivity index (χ0) is 9.42. The molecule has 1 fully saturated rings. The monoisotopic (exact) mass is 244 g/mol. The van der Waals surface area contributed by atoms with Crippen LogP contribution in [0.3, 0.4) is 0 Å². The van der Waals surface area contributed by atoms with Gasteiger partial charge in [0.15, 0.2) is 4.60 Å². The Morgan fingerprint density at radius 2 is 2.31 bits per heavy atom. The Morgan fingerprint density at radius 1 is 1.54 bits per heavy atom. The molecule has 1 aliphatic carbocycles. The Balaban J connectivity index is 2.25. The highest BCUT2D eigenvalue weighted by molar-refractivity contribution is 9.10. The van der Waals surface area contributed by atoms with Crippen LogP contribution in [0, 0.1) is 0 Å². The van der Waals surface area contributed by atoms with Crippen LogP contribution in [0.1, 0.15) is 30.9 Å². The molecule has 5 heteroatoms. The molecule has 2 atom stereocenters. The lowest BCUT2D eigenvalue weighted by molar-refractivity contribution is 0.597. The molecule has 1 heterocycles. The summed E-state index contributed by atoms with van der Waals surface area (Å²) in [6.45, 7) is 0. The zero-order valence-corrected chi connectivity index (χ0v) is 9.16. The van der Waals surface area contributed by atoms with E-state index < -0.39 is 0 Å². The molecule has 2 N–H and O–H groups in total. The highest BCUT2D eigenvalue weighted by Crippen LogP contribution is 2.35. The first kappa shape index (κ1) is 9.15. The van der Waals surface area contributed by atoms with Gasteiger partial charge in [-0.3, -0.25) is 4.68 Å². The van der Waals surface area contributed by atoms with Gasteiger partial charge in [-0.2, -0.15) is 0 Å². The van der Waals surface area contributed by atoms with E-state index >= 15 is 0 Å². The van der Waals surface area contributed by atoms with Gasteiger partial charge in [0.1, 0.15) is 0 Å². The minimum absolute atomic E-state index is 0.354. The number of aryl methyl sites for hydroxylation is 1. The van der Waals surface area contributed by atoms with Crippen LogP contribution in [-0.2, 0) is 7.05 Å². The van der Waals surface area contributed by atoms with E-state index in [2.05, 4.69) is 26.2 Å². The van der Waals surface area contributed by atoms with Crippen molar-refractivity contribution >= 4 is 15.9 Å². The Hall–Kier alpha value is -0.420. The van der Waals surface area contributed by atoms with E-state index in [4.69, 9.17) is 5.73 Å². The molecule has 72 valence electrons. The first-order valence-electron chi connectivity index (χ1n) is 4.49. The maximum absolute atomic E-state index is 5.87. The van der Waals surface area contributed by atoms with E-state index in [0.717, 1.165) is 23.9 Å². The van der Waals surface area contributed by atoms with Gasteiger partial charge in [0.2, 0.25) is 0 Å². The van der Waals surface area contributed by atoms with Gasteiger partial charge in [0.25, 0.3) is 0 Å². The number of rotatable bonds is 1. The van der Waals surface area contributed by atoms with Crippen molar-refractivity contribution in [3.05, 3.63) is 10.3 Å². The summed E-state index contributed by atoms with van der Waals surface area (Å²) < 4.78 is 2.71. The topological polar surface area (TPSA) is 56.7 Å². The second-order valence-electron chi connectivity index (χ2n) is 3.66. The van der Waals surface area contributed by atoms with Gasteiger partial charge in [-0.05, 0) is 35.2 Å². The summed E-state index contributed by atoms with van der Waals surface area (Å²) in [6, 6.07) is 0.354. The molecule has 1 saturated carbocycles. The highest BCUT2D eigenvalue weighted by Gasteiger charge is 2.27. The van der Waals surface area contributed by atoms with Crippen LogP contribution in [0.5, 0.6) is 0 Å². The molecule has 0 amide bonds. The normalized spacial score (nSPS) is 28.2. The SMILES string of the molecule is Cn1nnc(Br)c1C1CCC(N)C1. The Morgan fingerprint density at radius 3 is 2.77 bits per heavy atom. The van der Waals surface area contributed by atoms with Crippen molar-refractivity contribution in [2.45, 2.75) is 31.2 Å². The third-order valence-corrected chi connectivity index (χ3v) is 3.25. The van der Waals surface area contributed by atoms with Crippen LogP contribution in [-0.4, -0.2) is 21.0 Å². The van der Waals surface area contributed by atoms with Crippen molar-refractivity contribution in [1.29, 1.82) is 0 Å². The van der Waals surface area contributed by atoms with E-state index in [1.165, 1.54) is 5.69 Å². The molecule has 0 aromatic carbocycles. The molecule has 0 saturated heterocycles. The van der Waals surface area contributed by atoms with Gasteiger partial charge in [-0.15, -0.1) is 5.10 Å². The van der Waals surface area contributed by atoms with E-state index in [1.54, 1.807) is 0 Å². The molecule has 1 aromatic heterocycles. The molecule has 0 spiro atoms. The van der Waals surface area contributed by atoms with Crippen LogP contribution in [0.4, 0.5) is 0 Å². The standard InChI is InChI=1S/C8H13BrN4/c1-13-7(8(9)11-12-13)5-2-3-6(10)4-5/h5-6H,2-4,10H2,1H3. The third-order valence-electron chi connectivity index (χ3n) is 2.69. The van der Waals surface area contributed by atoms with Crippen LogP contribution in [0.25, 0.3) is 0 Å². The lowest BCUT2D eigenvalue weighted by atomic mass is 10.0. The number of aromatic nitrogens is 3. The maximum Gasteiger partial charge on any atom is 0.151 e. The molecule has 0 aliphatic heterocycles. The Labute approximate surface area is 85.6 Å². The molecule has 2 unspecified atom stereocenters. The summed E-state index contributed by atoms with van der Waals surface area (Å²) in [6.07, 6.45) is 3.32. The summed E-state index contributed by atoms with van der Waals surface area (Å²) >= 11 is 3.41. The Bertz CT molecular complexity index is 290. The molecule has 1 aliphatic rings. The fraction of sp³-hybridized carbons (Fsp3) is 0.750. The van der Waals surface area contributed by atoms with E-state index in [0.29, 0.717) is 12.0 Å². The fourth-order valence-electron chi connectivity index (χ4n) is 2.04. The molecule has 2 rings (SSSR count). The van der Waals surface area contributed by atoms with Crippen molar-refractivity contribution in [3.63, 3.8) is 0 Å². The van der Waals surface area contributed by atoms with Gasteiger partial charge >= 0.3 is 0 Å². The molecule has 0 bridgehead atoms. The first-order valence-corrected chi connectivity index (χ1v) is 5.28. The minimum Gasteiger partial charge on any atom is -0.328 e. The van der Waals surface area contributed by atoms with Crippen LogP contribution in [0.2, 0.25) is 0 Å². The van der Waals surface area contributed by atoms with Crippen molar-refractivity contribution in [1.82, 2.24) is 15.0 Å². The average Bonchev–Trinajstić information content (AvgIpc) is 2.60. The highest BCUT2D eigenvalue weighted by atomic mass is 79.9. The summed E-state index contributed by atoms with van der Waals surface area (Å²) in [5, 5.41) is 7.94. The lowest BCUT2D eigenvalue weighted by Gasteiger charge is -2.09. The third kappa shape index (κ3) is 1.62. The molecular weight excluding hydrogens is 232 g/mol. The van der Waals surface area contributed by atoms with Crippen molar-refractivity contribution in [2.24, 2.45) is 12.8 Å². The second-order valence-corrected chi connectivity index (χ2v) is 4.41. The van der Waals surface area contributed by atoms with Crippen LogP contribution < -0.4 is 5.73 Å². The quantitative estimate of drug-likeness (QED) is 0.808. The summed E-state index contributed by atoms with van der Waals surface area (Å²) in [5.41, 5.74) is 7.05. The Kier molecular flexibility index (Phi) is 2.38. The number of halogens is 1. The number of hydrogen-bond donors (Lipinski definition) is 1. The number of nitrogens with zero attached hydrogens (tertiary/aromatic N) is 3. The van der Waals surface area contributed by atoms with Gasteiger partial charge in [-0.1, -0.05) is 5.21 Å². The maximum atomic E-state index is 5.87. The van der Waals surface area contributed by atoms with Crippen LogP contribution in [0.15, 0.2) is 4.60 Å². The van der Waals surface area contributed by atoms with E-state index in [-0.39, 0.29) is 0 Å². The zero-order valence-electron chi connectivity index (χ0n) is 7.57. The molecule has 1 aromatic rings. The lowest BCUT2D eigenvalue weighted by Crippen LogP contribution is -2.15. The predicted molar refractivity (Wildman–Crippen MR) is 53.3 cm³/mol. The van der Waals surface area contributed by atoms with Crippen molar-refractivity contribution in [3.8, 4) is 0 Å². The predicted octanol–water partition coefficient (Wildman–Crippen LogP) is 1.17. The smallest absolute Gasteiger partial charge is 0.151 e. The second kappa shape index (κ2) is 3.38. The van der Waals surface area contributed by atoms with Gasteiger partial charge in [0.05, 0.1) is 5.69 Å². The minimum atomic E-state index is 0.354. The average molecular weight is 245 g/mol. The van der Waals surface area contributed by atoms with Crippen molar-refractivity contribution < 1.29 is 0 Å². The summed E-state index contributed by atoms with van der Waals surface area (Å²) in [4.78, 5) is 0. The van der Waals surface area contributed by atoms with Crippen LogP contribution >= 0.6 is 15.9 Å². The molecule has 4 nitrogen and oxygen atoms in total. The molecule has 0 radical (unpaired) electrons. The van der Waals surface area contributed by atoms with Gasteiger partial charge in [-0.25, -0.2) is 0 Å². The summed E-state index contributed by atoms with van der Waals surface area (Å²) in [7, 11) is 1.93.